The number of imidazole rings is 1. The molecule has 5 aromatic rings. The van der Waals surface area contributed by atoms with E-state index in [9.17, 15) is 14.7 Å². The molecule has 1 atom stereocenters. The Hall–Kier alpha value is -4.50. The van der Waals surface area contributed by atoms with Crippen molar-refractivity contribution in [3.05, 3.63) is 106 Å². The number of hydrogen-bond acceptors (Lipinski definition) is 7. The minimum absolute atomic E-state index is 0.0408. The third-order valence-electron chi connectivity index (χ3n) is 6.63. The van der Waals surface area contributed by atoms with Crippen LogP contribution in [0.1, 0.15) is 32.5 Å². The third-order valence-corrected chi connectivity index (χ3v) is 7.77. The van der Waals surface area contributed by atoms with Gasteiger partial charge in [-0.15, -0.1) is 0 Å². The highest BCUT2D eigenvalue weighted by Gasteiger charge is 2.44. The second kappa shape index (κ2) is 8.86. The first kappa shape index (κ1) is 22.9. The van der Waals surface area contributed by atoms with Crippen molar-refractivity contribution >= 4 is 39.0 Å². The average molecular weight is 511 g/mol. The number of ketones is 1. The molecule has 0 saturated heterocycles. The first-order valence-corrected chi connectivity index (χ1v) is 12.5. The molecule has 6 rings (SSSR count). The summed E-state index contributed by atoms with van der Waals surface area (Å²) in [5, 5.41) is 11.1. The van der Waals surface area contributed by atoms with Crippen LogP contribution in [-0.2, 0) is 11.3 Å². The van der Waals surface area contributed by atoms with E-state index in [4.69, 9.17) is 4.74 Å². The molecule has 3 aromatic heterocycles. The summed E-state index contributed by atoms with van der Waals surface area (Å²) < 4.78 is 7.35. The molecular formula is C28H22N4O4S. The van der Waals surface area contributed by atoms with Crippen LogP contribution in [0.5, 0.6) is 5.75 Å². The van der Waals surface area contributed by atoms with Crippen molar-refractivity contribution in [1.29, 1.82) is 0 Å². The Morgan fingerprint density at radius 2 is 1.97 bits per heavy atom. The van der Waals surface area contributed by atoms with Gasteiger partial charge in [0, 0.05) is 24.6 Å². The number of thiazole rings is 1. The molecule has 1 amide bonds. The lowest BCUT2D eigenvalue weighted by molar-refractivity contribution is -0.130. The van der Waals surface area contributed by atoms with E-state index in [0.717, 1.165) is 16.6 Å². The van der Waals surface area contributed by atoms with Gasteiger partial charge in [-0.3, -0.25) is 19.0 Å². The molecule has 4 heterocycles. The van der Waals surface area contributed by atoms with Crippen molar-refractivity contribution in [3.8, 4) is 5.75 Å². The Morgan fingerprint density at radius 1 is 1.14 bits per heavy atom. The molecule has 0 fully saturated rings. The zero-order valence-corrected chi connectivity index (χ0v) is 20.9. The lowest BCUT2D eigenvalue weighted by Crippen LogP contribution is -2.30. The zero-order valence-electron chi connectivity index (χ0n) is 20.1. The van der Waals surface area contributed by atoms with Crippen molar-refractivity contribution < 1.29 is 19.4 Å². The van der Waals surface area contributed by atoms with Crippen LogP contribution in [0.25, 0.3) is 16.0 Å². The second-order valence-electron chi connectivity index (χ2n) is 8.80. The number of benzene rings is 2. The number of aromatic nitrogens is 3. The molecule has 0 radical (unpaired) electrons. The summed E-state index contributed by atoms with van der Waals surface area (Å²) in [6, 6.07) is 17.7. The van der Waals surface area contributed by atoms with Crippen molar-refractivity contribution in [1.82, 2.24) is 19.3 Å². The molecule has 9 heteroatoms. The average Bonchev–Trinajstić information content (AvgIpc) is 3.53. The predicted molar refractivity (Wildman–Crippen MR) is 140 cm³/mol. The van der Waals surface area contributed by atoms with Gasteiger partial charge in [-0.1, -0.05) is 41.7 Å². The highest BCUT2D eigenvalue weighted by atomic mass is 32.1. The summed E-state index contributed by atoms with van der Waals surface area (Å²) in [5.74, 6) is -0.965. The van der Waals surface area contributed by atoms with E-state index >= 15 is 0 Å². The number of rotatable bonds is 6. The first-order valence-electron chi connectivity index (χ1n) is 11.7. The number of aliphatic hydroxyl groups is 1. The maximum Gasteiger partial charge on any atom is 0.290 e. The van der Waals surface area contributed by atoms with E-state index in [2.05, 4.69) is 9.97 Å². The number of aliphatic hydroxyl groups excluding tert-OH is 1. The largest absolute Gasteiger partial charge is 0.503 e. The highest BCUT2D eigenvalue weighted by molar-refractivity contribution is 7.19. The molecule has 37 heavy (non-hydrogen) atoms. The van der Waals surface area contributed by atoms with Crippen molar-refractivity contribution in [3.63, 3.8) is 0 Å². The quantitative estimate of drug-likeness (QED) is 0.322. The van der Waals surface area contributed by atoms with Crippen LogP contribution in [-0.4, -0.2) is 43.2 Å². The predicted octanol–water partition coefficient (Wildman–Crippen LogP) is 5.04. The second-order valence-corrected chi connectivity index (χ2v) is 9.78. The number of fused-ring (bicyclic) bond motifs is 3. The Kier molecular flexibility index (Phi) is 5.49. The number of pyridine rings is 1. The minimum Gasteiger partial charge on any atom is -0.503 e. The number of nitrogens with zero attached hydrogens (tertiary/aromatic N) is 4. The number of methoxy groups -OCH3 is 1. The molecule has 0 saturated carbocycles. The molecule has 1 N–H and O–H groups in total. The monoisotopic (exact) mass is 510 g/mol. The van der Waals surface area contributed by atoms with Crippen molar-refractivity contribution in [2.24, 2.45) is 0 Å². The van der Waals surface area contributed by atoms with Gasteiger partial charge in [-0.2, -0.15) is 0 Å². The number of para-hydroxylation sites is 2. The Labute approximate surface area is 216 Å². The fourth-order valence-corrected chi connectivity index (χ4v) is 5.99. The third kappa shape index (κ3) is 3.66. The van der Waals surface area contributed by atoms with Gasteiger partial charge < -0.3 is 14.7 Å². The molecule has 1 unspecified atom stereocenters. The molecule has 1 aliphatic heterocycles. The summed E-state index contributed by atoms with van der Waals surface area (Å²) in [5.41, 5.74) is 3.93. The Morgan fingerprint density at radius 3 is 2.76 bits per heavy atom. The van der Waals surface area contributed by atoms with E-state index in [1.807, 2.05) is 47.7 Å². The smallest absolute Gasteiger partial charge is 0.290 e. The Balaban J connectivity index is 1.49. The number of carbonyl (C=O) groups is 2. The standard InChI is InChI=1S/C28H22N4O4S/c1-16-26(37-28-30-20-10-3-4-11-21(20)32(16)28)24(33)22-23(18-8-5-9-19(13-18)36-2)31(27(35)25(22)34)15-17-7-6-12-29-14-17/h3-14,23,34H,15H2,1-2H3. The van der Waals surface area contributed by atoms with Gasteiger partial charge >= 0.3 is 0 Å². The van der Waals surface area contributed by atoms with Gasteiger partial charge in [0.2, 0.25) is 5.78 Å². The zero-order chi connectivity index (χ0) is 25.7. The topological polar surface area (TPSA) is 97.0 Å². The lowest BCUT2D eigenvalue weighted by Gasteiger charge is -2.27. The van der Waals surface area contributed by atoms with Crippen LogP contribution in [0, 0.1) is 6.92 Å². The van der Waals surface area contributed by atoms with E-state index in [0.29, 0.717) is 26.8 Å². The summed E-state index contributed by atoms with van der Waals surface area (Å²) in [6.45, 7) is 2.03. The Bertz CT molecular complexity index is 1720. The fraction of sp³-hybridized carbons (Fsp3) is 0.143. The number of aryl methyl sites for hydroxylation is 1. The minimum atomic E-state index is -0.805. The van der Waals surface area contributed by atoms with Crippen LogP contribution in [0.15, 0.2) is 84.4 Å². The van der Waals surface area contributed by atoms with Gasteiger partial charge in [-0.25, -0.2) is 4.98 Å². The van der Waals surface area contributed by atoms with E-state index < -0.39 is 23.5 Å². The number of ether oxygens (including phenoxy) is 1. The highest BCUT2D eigenvalue weighted by Crippen LogP contribution is 2.42. The summed E-state index contributed by atoms with van der Waals surface area (Å²) in [6.07, 6.45) is 3.31. The van der Waals surface area contributed by atoms with E-state index in [1.54, 1.807) is 43.8 Å². The molecule has 1 aliphatic rings. The van der Waals surface area contributed by atoms with Crippen LogP contribution in [0.4, 0.5) is 0 Å². The van der Waals surface area contributed by atoms with Gasteiger partial charge in [0.1, 0.15) is 5.75 Å². The number of hydrogen-bond donors (Lipinski definition) is 1. The van der Waals surface area contributed by atoms with Crippen LogP contribution >= 0.6 is 11.3 Å². The first-order chi connectivity index (χ1) is 18.0. The number of amides is 1. The number of Topliss-reactive ketones (excluding diaryl/α,β-unsaturated/α-hetero) is 1. The van der Waals surface area contributed by atoms with Gasteiger partial charge in [-0.05, 0) is 48.4 Å². The summed E-state index contributed by atoms with van der Waals surface area (Å²) in [4.78, 5) is 38.9. The fourth-order valence-electron chi connectivity index (χ4n) is 4.89. The molecule has 184 valence electrons. The lowest BCUT2D eigenvalue weighted by atomic mass is 9.94. The molecule has 0 aliphatic carbocycles. The van der Waals surface area contributed by atoms with Crippen LogP contribution in [0.3, 0.4) is 0 Å². The molecule has 0 bridgehead atoms. The molecule has 0 spiro atoms. The molecule has 8 nitrogen and oxygen atoms in total. The van der Waals surface area contributed by atoms with E-state index in [-0.39, 0.29) is 12.1 Å². The molecular weight excluding hydrogens is 488 g/mol. The van der Waals surface area contributed by atoms with Crippen LogP contribution in [0.2, 0.25) is 0 Å². The van der Waals surface area contributed by atoms with Crippen LogP contribution < -0.4 is 4.74 Å². The summed E-state index contributed by atoms with van der Waals surface area (Å²) in [7, 11) is 1.56. The van der Waals surface area contributed by atoms with Gasteiger partial charge in [0.25, 0.3) is 5.91 Å². The van der Waals surface area contributed by atoms with Crippen molar-refractivity contribution in [2.75, 3.05) is 7.11 Å². The maximum absolute atomic E-state index is 14.1. The number of carbonyl (C=O) groups excluding carboxylic acids is 2. The maximum atomic E-state index is 14.1. The SMILES string of the molecule is COc1cccc(C2C(C(=O)c3sc4nc5ccccc5n4c3C)=C(O)C(=O)N2Cc2cccnc2)c1. The summed E-state index contributed by atoms with van der Waals surface area (Å²) >= 11 is 1.25. The molecule has 2 aromatic carbocycles. The normalized spacial score (nSPS) is 15.8. The van der Waals surface area contributed by atoms with Gasteiger partial charge in [0.05, 0.1) is 34.6 Å². The van der Waals surface area contributed by atoms with E-state index in [1.165, 1.54) is 16.2 Å². The van der Waals surface area contributed by atoms with Crippen molar-refractivity contribution in [2.45, 2.75) is 19.5 Å². The van der Waals surface area contributed by atoms with Gasteiger partial charge in [0.15, 0.2) is 10.7 Å².